The number of nitrogens with one attached hydrogen (secondary N) is 2. The molecule has 1 saturated heterocycles. The first-order valence-electron chi connectivity index (χ1n) is 10.8. The van der Waals surface area contributed by atoms with E-state index in [-0.39, 0.29) is 0 Å². The fourth-order valence-electron chi connectivity index (χ4n) is 3.66. The number of ether oxygens (including phenoxy) is 2. The van der Waals surface area contributed by atoms with E-state index in [0.29, 0.717) is 12.6 Å². The third kappa shape index (κ3) is 5.97. The van der Waals surface area contributed by atoms with Gasteiger partial charge in [-0.2, -0.15) is 0 Å². The second-order valence-corrected chi connectivity index (χ2v) is 8.83. The molecule has 1 saturated carbocycles. The van der Waals surface area contributed by atoms with Gasteiger partial charge in [0.15, 0.2) is 5.96 Å². The average molecular weight is 429 g/mol. The summed E-state index contributed by atoms with van der Waals surface area (Å²) in [6.07, 6.45) is 2.59. The Balaban J connectivity index is 1.33. The van der Waals surface area contributed by atoms with Gasteiger partial charge in [-0.05, 0) is 36.3 Å². The van der Waals surface area contributed by atoms with Crippen molar-refractivity contribution in [1.29, 1.82) is 0 Å². The molecule has 1 aliphatic carbocycles. The quantitative estimate of drug-likeness (QED) is 0.474. The molecule has 30 heavy (non-hydrogen) atoms. The monoisotopic (exact) mass is 428 g/mol. The molecule has 0 radical (unpaired) electrons. The van der Waals surface area contributed by atoms with Gasteiger partial charge in [-0.25, -0.2) is 0 Å². The second kappa shape index (κ2) is 10.8. The lowest BCUT2D eigenvalue weighted by Gasteiger charge is -2.34. The number of guanidine groups is 1. The maximum Gasteiger partial charge on any atom is 0.191 e. The molecule has 1 unspecified atom stereocenters. The number of thiophene rings is 1. The SMILES string of the molecule is CN=C(NCc1ccccc1OCC1CC1)NCC(c1cccs1)N1CCOCC1. The standard InChI is InChI=1S/C23H32N4O2S/c1-24-23(25-15-19-5-2-3-6-21(19)29-17-18-8-9-18)26-16-20(22-7-4-14-30-22)27-10-12-28-13-11-27/h2-7,14,18,20H,8-13,15-17H2,1H3,(H2,24,25,26). The molecule has 1 aromatic heterocycles. The number of morpholine rings is 1. The van der Waals surface area contributed by atoms with Crippen molar-refractivity contribution in [2.45, 2.75) is 25.4 Å². The Morgan fingerprint density at radius 1 is 1.20 bits per heavy atom. The van der Waals surface area contributed by atoms with Crippen LogP contribution in [0.4, 0.5) is 0 Å². The predicted octanol–water partition coefficient (Wildman–Crippen LogP) is 3.28. The Morgan fingerprint density at radius 3 is 2.77 bits per heavy atom. The maximum absolute atomic E-state index is 6.04. The molecule has 2 N–H and O–H groups in total. The van der Waals surface area contributed by atoms with Crippen LogP contribution in [0.2, 0.25) is 0 Å². The summed E-state index contributed by atoms with van der Waals surface area (Å²) in [5.74, 6) is 2.52. The number of rotatable bonds is 9. The Morgan fingerprint density at radius 2 is 2.03 bits per heavy atom. The molecule has 0 bridgehead atoms. The first-order valence-corrected chi connectivity index (χ1v) is 11.7. The predicted molar refractivity (Wildman–Crippen MR) is 122 cm³/mol. The minimum atomic E-state index is 0.321. The number of aliphatic imine (C=N–C) groups is 1. The molecular formula is C23H32N4O2S. The third-order valence-electron chi connectivity index (χ3n) is 5.63. The fraction of sp³-hybridized carbons (Fsp3) is 0.522. The van der Waals surface area contributed by atoms with Crippen LogP contribution in [0.1, 0.15) is 29.3 Å². The number of nitrogens with zero attached hydrogens (tertiary/aromatic N) is 2. The molecule has 1 atom stereocenters. The molecule has 2 fully saturated rings. The molecule has 4 rings (SSSR count). The van der Waals surface area contributed by atoms with Crippen LogP contribution >= 0.6 is 11.3 Å². The second-order valence-electron chi connectivity index (χ2n) is 7.85. The molecule has 2 aliphatic rings. The van der Waals surface area contributed by atoms with Crippen molar-refractivity contribution in [3.8, 4) is 5.75 Å². The molecule has 0 amide bonds. The Hall–Kier alpha value is -2.09. The normalized spacial score (nSPS) is 18.8. The summed E-state index contributed by atoms with van der Waals surface area (Å²) in [6.45, 7) is 5.83. The zero-order valence-corrected chi connectivity index (χ0v) is 18.5. The lowest BCUT2D eigenvalue weighted by atomic mass is 10.2. The minimum Gasteiger partial charge on any atom is -0.493 e. The summed E-state index contributed by atoms with van der Waals surface area (Å²) in [5.41, 5.74) is 1.16. The Kier molecular flexibility index (Phi) is 7.61. The van der Waals surface area contributed by atoms with E-state index in [4.69, 9.17) is 9.47 Å². The summed E-state index contributed by atoms with van der Waals surface area (Å²) in [4.78, 5) is 8.30. The summed E-state index contributed by atoms with van der Waals surface area (Å²) in [7, 11) is 1.82. The Labute approximate surface area is 183 Å². The van der Waals surface area contributed by atoms with E-state index in [2.05, 4.69) is 56.2 Å². The van der Waals surface area contributed by atoms with Crippen molar-refractivity contribution >= 4 is 17.3 Å². The van der Waals surface area contributed by atoms with Gasteiger partial charge in [0.25, 0.3) is 0 Å². The van der Waals surface area contributed by atoms with Crippen LogP contribution in [0.15, 0.2) is 46.8 Å². The van der Waals surface area contributed by atoms with E-state index in [1.54, 1.807) is 0 Å². The van der Waals surface area contributed by atoms with Crippen molar-refractivity contribution in [3.05, 3.63) is 52.2 Å². The van der Waals surface area contributed by atoms with Gasteiger partial charge < -0.3 is 20.1 Å². The van der Waals surface area contributed by atoms with Crippen LogP contribution in [-0.2, 0) is 11.3 Å². The van der Waals surface area contributed by atoms with Gasteiger partial charge in [0.1, 0.15) is 5.75 Å². The van der Waals surface area contributed by atoms with E-state index >= 15 is 0 Å². The van der Waals surface area contributed by atoms with Crippen LogP contribution in [0.25, 0.3) is 0 Å². The van der Waals surface area contributed by atoms with Gasteiger partial charge in [0.2, 0.25) is 0 Å². The number of benzene rings is 1. The highest BCUT2D eigenvalue weighted by Crippen LogP contribution is 2.30. The molecule has 1 aromatic carbocycles. The molecule has 0 spiro atoms. The highest BCUT2D eigenvalue weighted by atomic mass is 32.1. The van der Waals surface area contributed by atoms with Gasteiger partial charge in [-0.15, -0.1) is 11.3 Å². The minimum absolute atomic E-state index is 0.321. The van der Waals surface area contributed by atoms with Crippen LogP contribution in [0, 0.1) is 5.92 Å². The zero-order chi connectivity index (χ0) is 20.6. The molecule has 2 heterocycles. The molecule has 1 aliphatic heterocycles. The topological polar surface area (TPSA) is 58.1 Å². The lowest BCUT2D eigenvalue weighted by molar-refractivity contribution is 0.0177. The van der Waals surface area contributed by atoms with Gasteiger partial charge in [-0.3, -0.25) is 9.89 Å². The summed E-state index contributed by atoms with van der Waals surface area (Å²) in [6, 6.07) is 12.9. The van der Waals surface area contributed by atoms with Crippen molar-refractivity contribution < 1.29 is 9.47 Å². The highest BCUT2D eigenvalue weighted by Gasteiger charge is 2.24. The van der Waals surface area contributed by atoms with Crippen molar-refractivity contribution in [2.75, 3.05) is 46.5 Å². The summed E-state index contributed by atoms with van der Waals surface area (Å²) >= 11 is 1.81. The van der Waals surface area contributed by atoms with Crippen molar-refractivity contribution in [2.24, 2.45) is 10.9 Å². The molecular weight excluding hydrogens is 396 g/mol. The van der Waals surface area contributed by atoms with Crippen LogP contribution in [0.5, 0.6) is 5.75 Å². The van der Waals surface area contributed by atoms with Crippen molar-refractivity contribution in [3.63, 3.8) is 0 Å². The fourth-order valence-corrected chi connectivity index (χ4v) is 4.52. The summed E-state index contributed by atoms with van der Waals surface area (Å²) < 4.78 is 11.6. The van der Waals surface area contributed by atoms with E-state index < -0.39 is 0 Å². The highest BCUT2D eigenvalue weighted by molar-refractivity contribution is 7.10. The van der Waals surface area contributed by atoms with Crippen molar-refractivity contribution in [1.82, 2.24) is 15.5 Å². The largest absolute Gasteiger partial charge is 0.493 e. The maximum atomic E-state index is 6.04. The van der Waals surface area contributed by atoms with Gasteiger partial charge in [0.05, 0.1) is 25.9 Å². The lowest BCUT2D eigenvalue weighted by Crippen LogP contribution is -2.46. The first kappa shape index (κ1) is 21.2. The van der Waals surface area contributed by atoms with Crippen LogP contribution in [0.3, 0.4) is 0 Å². The molecule has 162 valence electrons. The molecule has 7 heteroatoms. The first-order chi connectivity index (χ1) is 14.8. The zero-order valence-electron chi connectivity index (χ0n) is 17.7. The number of hydrogen-bond acceptors (Lipinski definition) is 5. The van der Waals surface area contributed by atoms with Gasteiger partial charge >= 0.3 is 0 Å². The Bertz CT molecular complexity index is 801. The number of para-hydroxylation sites is 1. The van der Waals surface area contributed by atoms with E-state index in [9.17, 15) is 0 Å². The van der Waals surface area contributed by atoms with Gasteiger partial charge in [-0.1, -0.05) is 24.3 Å². The smallest absolute Gasteiger partial charge is 0.191 e. The third-order valence-corrected chi connectivity index (χ3v) is 6.61. The number of hydrogen-bond donors (Lipinski definition) is 2. The van der Waals surface area contributed by atoms with Crippen LogP contribution in [-0.4, -0.2) is 57.4 Å². The van der Waals surface area contributed by atoms with E-state index in [0.717, 1.165) is 62.6 Å². The summed E-state index contributed by atoms with van der Waals surface area (Å²) in [5, 5.41) is 9.13. The van der Waals surface area contributed by atoms with Crippen LogP contribution < -0.4 is 15.4 Å². The molecule has 6 nitrogen and oxygen atoms in total. The van der Waals surface area contributed by atoms with E-state index in [1.807, 2.05) is 24.5 Å². The average Bonchev–Trinajstić information content (AvgIpc) is 3.47. The van der Waals surface area contributed by atoms with E-state index in [1.165, 1.54) is 17.7 Å². The molecule has 2 aromatic rings. The van der Waals surface area contributed by atoms with Gasteiger partial charge in [0, 0.05) is 43.7 Å².